The van der Waals surface area contributed by atoms with E-state index in [0.29, 0.717) is 0 Å². The second-order valence-corrected chi connectivity index (χ2v) is 6.62. The zero-order valence-electron chi connectivity index (χ0n) is 13.5. The van der Waals surface area contributed by atoms with Crippen molar-refractivity contribution in [2.75, 3.05) is 7.05 Å². The molecule has 0 fully saturated rings. The van der Waals surface area contributed by atoms with Crippen LogP contribution in [0.15, 0.2) is 24.3 Å². The Morgan fingerprint density at radius 3 is 1.83 bits per heavy atom. The molecule has 0 aromatic carbocycles. The maximum Gasteiger partial charge on any atom is 0.336 e. The zero-order chi connectivity index (χ0) is 18.2. The Balaban J connectivity index is 4.75. The minimum Gasteiger partial charge on any atom is -0.422 e. The van der Waals surface area contributed by atoms with Crippen LogP contribution in [0, 0.1) is 0 Å². The summed E-state index contributed by atoms with van der Waals surface area (Å²) in [7, 11) is -2.85. The van der Waals surface area contributed by atoms with Crippen LogP contribution in [-0.4, -0.2) is 43.6 Å². The van der Waals surface area contributed by atoms with E-state index in [2.05, 4.69) is 18.5 Å². The highest BCUT2D eigenvalue weighted by Gasteiger charge is 2.24. The highest BCUT2D eigenvalue weighted by Crippen LogP contribution is 2.14. The van der Waals surface area contributed by atoms with Crippen molar-refractivity contribution < 1.29 is 32.0 Å². The van der Waals surface area contributed by atoms with Gasteiger partial charge in [-0.3, -0.25) is 4.55 Å². The first-order valence-corrected chi connectivity index (χ1v) is 8.36. The molecular weight excluding hydrogens is 326 g/mol. The fraction of sp³-hybridized carbons (Fsp3) is 0.571. The number of hydrogen-bond acceptors (Lipinski definition) is 7. The van der Waals surface area contributed by atoms with Gasteiger partial charge in [0.1, 0.15) is 5.37 Å². The van der Waals surface area contributed by atoms with Gasteiger partial charge in [-0.15, -0.1) is 0 Å². The number of nitrogens with one attached hydrogen (secondary N) is 1. The Morgan fingerprint density at radius 2 is 1.52 bits per heavy atom. The average Bonchev–Trinajstić information content (AvgIpc) is 2.41. The molecule has 0 saturated carbocycles. The SMILES string of the molecule is C=C(C)C(=O)OC(CCCC(NC)S(=O)(=O)O)OC(=O)C(=C)C. The number of carbonyl (C=O) groups excluding carboxylic acids is 2. The van der Waals surface area contributed by atoms with Crippen molar-refractivity contribution in [2.24, 2.45) is 0 Å². The molecule has 2 N–H and O–H groups in total. The lowest BCUT2D eigenvalue weighted by molar-refractivity contribution is -0.183. The van der Waals surface area contributed by atoms with Gasteiger partial charge < -0.3 is 14.8 Å². The number of rotatable bonds is 10. The second-order valence-electron chi connectivity index (χ2n) is 5.02. The fourth-order valence-corrected chi connectivity index (χ4v) is 2.26. The summed E-state index contributed by atoms with van der Waals surface area (Å²) in [6.07, 6.45) is -0.877. The highest BCUT2D eigenvalue weighted by molar-refractivity contribution is 7.86. The Morgan fingerprint density at radius 1 is 1.09 bits per heavy atom. The van der Waals surface area contributed by atoms with Crippen molar-refractivity contribution in [3.8, 4) is 0 Å². The fourth-order valence-electron chi connectivity index (χ4n) is 1.49. The lowest BCUT2D eigenvalue weighted by Crippen LogP contribution is -2.34. The summed E-state index contributed by atoms with van der Waals surface area (Å²) in [5.74, 6) is -1.46. The van der Waals surface area contributed by atoms with E-state index < -0.39 is 33.7 Å². The Labute approximate surface area is 136 Å². The van der Waals surface area contributed by atoms with Gasteiger partial charge in [-0.1, -0.05) is 13.2 Å². The van der Waals surface area contributed by atoms with E-state index in [0.717, 1.165) is 0 Å². The molecule has 0 aliphatic rings. The van der Waals surface area contributed by atoms with Gasteiger partial charge in [0, 0.05) is 17.6 Å². The number of esters is 2. The molecule has 1 atom stereocenters. The predicted molar refractivity (Wildman–Crippen MR) is 83.8 cm³/mol. The first-order chi connectivity index (χ1) is 10.5. The molecule has 0 saturated heterocycles. The van der Waals surface area contributed by atoms with Crippen molar-refractivity contribution in [2.45, 2.75) is 44.8 Å². The van der Waals surface area contributed by atoms with Crippen LogP contribution in [0.5, 0.6) is 0 Å². The molecule has 0 aromatic heterocycles. The van der Waals surface area contributed by atoms with Gasteiger partial charge >= 0.3 is 11.9 Å². The van der Waals surface area contributed by atoms with Gasteiger partial charge in [0.25, 0.3) is 10.1 Å². The molecule has 0 radical (unpaired) electrons. The third kappa shape index (κ3) is 8.48. The molecule has 0 heterocycles. The van der Waals surface area contributed by atoms with E-state index in [9.17, 15) is 18.0 Å². The molecule has 23 heavy (non-hydrogen) atoms. The minimum absolute atomic E-state index is 0.0427. The van der Waals surface area contributed by atoms with Gasteiger partial charge in [-0.2, -0.15) is 8.42 Å². The number of hydrogen-bond donors (Lipinski definition) is 2. The Kier molecular flexibility index (Phi) is 8.73. The van der Waals surface area contributed by atoms with E-state index in [-0.39, 0.29) is 30.4 Å². The van der Waals surface area contributed by atoms with Crippen molar-refractivity contribution in [3.05, 3.63) is 24.3 Å². The smallest absolute Gasteiger partial charge is 0.336 e. The van der Waals surface area contributed by atoms with Gasteiger partial charge in [0.15, 0.2) is 0 Å². The molecule has 132 valence electrons. The lowest BCUT2D eigenvalue weighted by Gasteiger charge is -2.19. The summed E-state index contributed by atoms with van der Waals surface area (Å²) in [5.41, 5.74) is 0.264. The zero-order valence-corrected chi connectivity index (χ0v) is 14.3. The molecule has 9 heteroatoms. The van der Waals surface area contributed by atoms with E-state index >= 15 is 0 Å². The van der Waals surface area contributed by atoms with Crippen molar-refractivity contribution in [1.29, 1.82) is 0 Å². The molecule has 0 aliphatic carbocycles. The van der Waals surface area contributed by atoms with Gasteiger partial charge in [-0.25, -0.2) is 9.59 Å². The van der Waals surface area contributed by atoms with Crippen LogP contribution in [-0.2, 0) is 29.2 Å². The van der Waals surface area contributed by atoms with Crippen LogP contribution >= 0.6 is 0 Å². The molecule has 0 bridgehead atoms. The van der Waals surface area contributed by atoms with Gasteiger partial charge in [0.05, 0.1) is 0 Å². The molecular formula is C14H23NO7S. The summed E-state index contributed by atoms with van der Waals surface area (Å²) >= 11 is 0. The van der Waals surface area contributed by atoms with Crippen molar-refractivity contribution in [1.82, 2.24) is 5.32 Å². The minimum atomic E-state index is -4.24. The molecule has 0 aliphatic heterocycles. The molecule has 0 aromatic rings. The predicted octanol–water partition coefficient (Wildman–Crippen LogP) is 1.15. The monoisotopic (exact) mass is 349 g/mol. The normalized spacial score (nSPS) is 12.6. The van der Waals surface area contributed by atoms with E-state index in [4.69, 9.17) is 14.0 Å². The molecule has 0 rings (SSSR count). The summed E-state index contributed by atoms with van der Waals surface area (Å²) in [6.45, 7) is 9.72. The van der Waals surface area contributed by atoms with E-state index in [1.807, 2.05) is 0 Å². The summed E-state index contributed by atoms with van der Waals surface area (Å²) < 4.78 is 41.1. The van der Waals surface area contributed by atoms with Crippen LogP contribution < -0.4 is 5.32 Å². The first-order valence-electron chi connectivity index (χ1n) is 6.85. The molecule has 8 nitrogen and oxygen atoms in total. The van der Waals surface area contributed by atoms with E-state index in [1.165, 1.54) is 20.9 Å². The quantitative estimate of drug-likeness (QED) is 0.261. The van der Waals surface area contributed by atoms with E-state index in [1.54, 1.807) is 0 Å². The Bertz CT molecular complexity index is 540. The second kappa shape index (κ2) is 9.43. The topological polar surface area (TPSA) is 119 Å². The number of carbonyl (C=O) groups is 2. The van der Waals surface area contributed by atoms with Crippen LogP contribution in [0.1, 0.15) is 33.1 Å². The highest BCUT2D eigenvalue weighted by atomic mass is 32.2. The van der Waals surface area contributed by atoms with Crippen molar-refractivity contribution >= 4 is 22.1 Å². The third-order valence-corrected chi connectivity index (χ3v) is 3.95. The van der Waals surface area contributed by atoms with Gasteiger partial charge in [0.2, 0.25) is 6.29 Å². The Hall–Kier alpha value is -1.71. The maximum atomic E-state index is 11.5. The molecule has 0 amide bonds. The summed E-state index contributed by atoms with van der Waals surface area (Å²) in [6, 6.07) is 0. The summed E-state index contributed by atoms with van der Waals surface area (Å²) in [4.78, 5) is 23.1. The van der Waals surface area contributed by atoms with Crippen LogP contribution in [0.2, 0.25) is 0 Å². The van der Waals surface area contributed by atoms with Crippen LogP contribution in [0.3, 0.4) is 0 Å². The molecule has 1 unspecified atom stereocenters. The maximum absolute atomic E-state index is 11.5. The third-order valence-electron chi connectivity index (χ3n) is 2.76. The first kappa shape index (κ1) is 21.3. The van der Waals surface area contributed by atoms with Crippen LogP contribution in [0.4, 0.5) is 0 Å². The standard InChI is InChI=1S/C14H23NO7S/c1-9(2)13(16)21-12(22-14(17)10(3)4)8-6-7-11(15-5)23(18,19)20/h11-12,15H,1,3,6-8H2,2,4-5H3,(H,18,19,20). The average molecular weight is 349 g/mol. The number of ether oxygens (including phenoxy) is 2. The van der Waals surface area contributed by atoms with Crippen molar-refractivity contribution in [3.63, 3.8) is 0 Å². The van der Waals surface area contributed by atoms with Crippen LogP contribution in [0.25, 0.3) is 0 Å². The largest absolute Gasteiger partial charge is 0.422 e. The van der Waals surface area contributed by atoms with Gasteiger partial charge in [-0.05, 0) is 33.7 Å². The molecule has 0 spiro atoms. The summed E-state index contributed by atoms with van der Waals surface area (Å²) in [5, 5.41) is 1.30. The lowest BCUT2D eigenvalue weighted by atomic mass is 10.2.